The number of hydrogen-bond acceptors (Lipinski definition) is 5. The minimum Gasteiger partial charge on any atom is -0.368 e. The lowest BCUT2D eigenvalue weighted by Crippen LogP contribution is -2.26. The molecule has 0 aliphatic heterocycles. The van der Waals surface area contributed by atoms with E-state index < -0.39 is 21.7 Å². The summed E-state index contributed by atoms with van der Waals surface area (Å²) >= 11 is 0. The number of anilines is 2. The minimum absolute atomic E-state index is 0.0358. The Balaban J connectivity index is 2.74. The average molecular weight is 308 g/mol. The van der Waals surface area contributed by atoms with Gasteiger partial charge in [0.1, 0.15) is 0 Å². The largest absolute Gasteiger partial charge is 0.368 e. The molecule has 1 rings (SSSR count). The second-order valence-corrected chi connectivity index (χ2v) is 6.07. The van der Waals surface area contributed by atoms with Crippen LogP contribution in [0, 0.1) is 11.6 Å². The van der Waals surface area contributed by atoms with E-state index in [9.17, 15) is 17.2 Å². The van der Waals surface area contributed by atoms with Gasteiger partial charge in [-0.05, 0) is 13.5 Å². The molecular weight excluding hydrogens is 290 g/mol. The molecule has 6 nitrogen and oxygen atoms in total. The topological polar surface area (TPSA) is 83.1 Å². The highest BCUT2D eigenvalue weighted by molar-refractivity contribution is 7.89. The van der Waals surface area contributed by atoms with Gasteiger partial charge in [0, 0.05) is 19.2 Å². The first-order chi connectivity index (χ1) is 9.39. The summed E-state index contributed by atoms with van der Waals surface area (Å²) in [6.45, 7) is 2.37. The fourth-order valence-electron chi connectivity index (χ4n) is 1.36. The lowest BCUT2D eigenvalue weighted by atomic mass is 10.3. The lowest BCUT2D eigenvalue weighted by molar-refractivity contribution is 0.576. The Morgan fingerprint density at radius 1 is 1.15 bits per heavy atom. The van der Waals surface area contributed by atoms with Crippen LogP contribution >= 0.6 is 0 Å². The third-order valence-corrected chi connectivity index (χ3v) is 3.81. The molecule has 9 heteroatoms. The van der Waals surface area contributed by atoms with E-state index in [-0.39, 0.29) is 23.9 Å². The standard InChI is InChI=1S/C11H18F2N4O2S/c1-3-4-15-10-8(12)7-9(13)11(17-10)16-5-6-20(18,19)14-2/h7,14H,3-6H2,1-2H3,(H2,15,16,17). The molecule has 0 saturated heterocycles. The van der Waals surface area contributed by atoms with Crippen LogP contribution in [0.4, 0.5) is 20.4 Å². The summed E-state index contributed by atoms with van der Waals surface area (Å²) in [6, 6.07) is 0.708. The maximum Gasteiger partial charge on any atom is 0.213 e. The number of nitrogens with zero attached hydrogens (tertiary/aromatic N) is 1. The van der Waals surface area contributed by atoms with Crippen molar-refractivity contribution in [1.82, 2.24) is 9.71 Å². The van der Waals surface area contributed by atoms with Crippen LogP contribution in [0.5, 0.6) is 0 Å². The Morgan fingerprint density at radius 2 is 1.70 bits per heavy atom. The van der Waals surface area contributed by atoms with Gasteiger partial charge in [0.15, 0.2) is 23.3 Å². The second kappa shape index (κ2) is 7.34. The Kier molecular flexibility index (Phi) is 6.08. The maximum atomic E-state index is 13.5. The van der Waals surface area contributed by atoms with Gasteiger partial charge < -0.3 is 10.6 Å². The smallest absolute Gasteiger partial charge is 0.213 e. The van der Waals surface area contributed by atoms with Gasteiger partial charge in [-0.3, -0.25) is 0 Å². The zero-order valence-electron chi connectivity index (χ0n) is 11.3. The Bertz CT molecular complexity index is 552. The van der Waals surface area contributed by atoms with Crippen molar-refractivity contribution in [3.05, 3.63) is 17.7 Å². The molecule has 0 aromatic carbocycles. The van der Waals surface area contributed by atoms with Gasteiger partial charge >= 0.3 is 0 Å². The normalized spacial score (nSPS) is 11.4. The first kappa shape index (κ1) is 16.6. The molecule has 0 saturated carbocycles. The van der Waals surface area contributed by atoms with Crippen molar-refractivity contribution in [2.45, 2.75) is 13.3 Å². The van der Waals surface area contributed by atoms with Crippen molar-refractivity contribution in [2.24, 2.45) is 0 Å². The molecule has 0 bridgehead atoms. The van der Waals surface area contributed by atoms with E-state index in [1.807, 2.05) is 6.92 Å². The van der Waals surface area contributed by atoms with Crippen molar-refractivity contribution < 1.29 is 17.2 Å². The first-order valence-electron chi connectivity index (χ1n) is 6.14. The average Bonchev–Trinajstić information content (AvgIpc) is 2.40. The summed E-state index contributed by atoms with van der Waals surface area (Å²) in [4.78, 5) is 3.77. The molecule has 0 aliphatic rings. The van der Waals surface area contributed by atoms with Crippen LogP contribution in [0.15, 0.2) is 6.07 Å². The van der Waals surface area contributed by atoms with Crippen LogP contribution in [-0.4, -0.2) is 39.3 Å². The van der Waals surface area contributed by atoms with Gasteiger partial charge in [0.2, 0.25) is 10.0 Å². The lowest BCUT2D eigenvalue weighted by Gasteiger charge is -2.10. The number of pyridine rings is 1. The molecule has 0 unspecified atom stereocenters. The molecule has 1 aromatic rings. The van der Waals surface area contributed by atoms with Gasteiger partial charge in [-0.15, -0.1) is 0 Å². The van der Waals surface area contributed by atoms with Crippen LogP contribution in [-0.2, 0) is 10.0 Å². The van der Waals surface area contributed by atoms with E-state index in [2.05, 4.69) is 20.3 Å². The first-order valence-corrected chi connectivity index (χ1v) is 7.80. The van der Waals surface area contributed by atoms with Crippen LogP contribution in [0.2, 0.25) is 0 Å². The molecule has 0 aliphatic carbocycles. The zero-order valence-corrected chi connectivity index (χ0v) is 12.2. The fraction of sp³-hybridized carbons (Fsp3) is 0.545. The van der Waals surface area contributed by atoms with Crippen molar-refractivity contribution in [3.63, 3.8) is 0 Å². The third-order valence-electron chi connectivity index (χ3n) is 2.45. The number of sulfonamides is 1. The molecule has 114 valence electrons. The molecule has 0 spiro atoms. The Hall–Kier alpha value is -1.48. The molecule has 3 N–H and O–H groups in total. The molecule has 20 heavy (non-hydrogen) atoms. The Labute approximate surface area is 117 Å². The van der Waals surface area contributed by atoms with Crippen LogP contribution in [0.25, 0.3) is 0 Å². The Morgan fingerprint density at radius 3 is 2.20 bits per heavy atom. The molecule has 1 aromatic heterocycles. The zero-order chi connectivity index (χ0) is 15.2. The number of halogens is 2. The monoisotopic (exact) mass is 308 g/mol. The van der Waals surface area contributed by atoms with E-state index in [0.717, 1.165) is 6.42 Å². The van der Waals surface area contributed by atoms with E-state index in [1.165, 1.54) is 7.05 Å². The molecular formula is C11H18F2N4O2S. The van der Waals surface area contributed by atoms with Gasteiger partial charge in [-0.2, -0.15) is 0 Å². The van der Waals surface area contributed by atoms with Gasteiger partial charge in [0.05, 0.1) is 5.75 Å². The summed E-state index contributed by atoms with van der Waals surface area (Å²) in [6.07, 6.45) is 0.766. The highest BCUT2D eigenvalue weighted by atomic mass is 32.2. The van der Waals surface area contributed by atoms with Crippen molar-refractivity contribution in [2.75, 3.05) is 36.5 Å². The highest BCUT2D eigenvalue weighted by Crippen LogP contribution is 2.18. The predicted octanol–water partition coefficient (Wildman–Crippen LogP) is 1.14. The quantitative estimate of drug-likeness (QED) is 0.671. The van der Waals surface area contributed by atoms with Gasteiger partial charge in [-0.25, -0.2) is 26.9 Å². The third kappa shape index (κ3) is 4.89. The molecule has 0 radical (unpaired) electrons. The fourth-order valence-corrected chi connectivity index (χ4v) is 1.94. The minimum atomic E-state index is -3.39. The second-order valence-electron chi connectivity index (χ2n) is 4.03. The number of aromatic nitrogens is 1. The van der Waals surface area contributed by atoms with E-state index in [0.29, 0.717) is 12.6 Å². The summed E-state index contributed by atoms with van der Waals surface area (Å²) in [5, 5.41) is 5.26. The van der Waals surface area contributed by atoms with Crippen molar-refractivity contribution in [1.29, 1.82) is 0 Å². The SMILES string of the molecule is CCCNc1nc(NCCS(=O)(=O)NC)c(F)cc1F. The summed E-state index contributed by atoms with van der Waals surface area (Å²) in [7, 11) is -2.10. The van der Waals surface area contributed by atoms with Crippen LogP contribution in [0.1, 0.15) is 13.3 Å². The molecule has 0 atom stereocenters. The summed E-state index contributed by atoms with van der Waals surface area (Å²) in [5.74, 6) is -2.14. The van der Waals surface area contributed by atoms with Gasteiger partial charge in [-0.1, -0.05) is 6.92 Å². The number of nitrogens with one attached hydrogen (secondary N) is 3. The number of hydrogen-bond donors (Lipinski definition) is 3. The maximum absolute atomic E-state index is 13.5. The van der Waals surface area contributed by atoms with Crippen molar-refractivity contribution in [3.8, 4) is 0 Å². The van der Waals surface area contributed by atoms with Crippen molar-refractivity contribution >= 4 is 21.7 Å². The van der Waals surface area contributed by atoms with E-state index >= 15 is 0 Å². The highest BCUT2D eigenvalue weighted by Gasteiger charge is 2.12. The molecule has 0 fully saturated rings. The van der Waals surface area contributed by atoms with Crippen LogP contribution in [0.3, 0.4) is 0 Å². The van der Waals surface area contributed by atoms with E-state index in [4.69, 9.17) is 0 Å². The van der Waals surface area contributed by atoms with Gasteiger partial charge in [0.25, 0.3) is 0 Å². The molecule has 0 amide bonds. The molecule has 1 heterocycles. The summed E-state index contributed by atoms with van der Waals surface area (Å²) in [5.41, 5.74) is 0. The van der Waals surface area contributed by atoms with E-state index in [1.54, 1.807) is 0 Å². The van der Waals surface area contributed by atoms with Crippen LogP contribution < -0.4 is 15.4 Å². The number of rotatable bonds is 8. The predicted molar refractivity (Wildman–Crippen MR) is 74.3 cm³/mol. The summed E-state index contributed by atoms with van der Waals surface area (Å²) < 4.78 is 51.5.